The van der Waals surface area contributed by atoms with Crippen LogP contribution in [0.1, 0.15) is 85.5 Å². The Morgan fingerprint density at radius 1 is 1.05 bits per heavy atom. The minimum atomic E-state index is -1.07. The van der Waals surface area contributed by atoms with Gasteiger partial charge in [0, 0.05) is 25.5 Å². The van der Waals surface area contributed by atoms with Crippen LogP contribution in [-0.2, 0) is 33.3 Å². The Morgan fingerprint density at radius 2 is 1.83 bits per heavy atom. The van der Waals surface area contributed by atoms with Crippen molar-refractivity contribution in [2.24, 2.45) is 34.5 Å². The molecule has 5 fully saturated rings. The highest BCUT2D eigenvalue weighted by molar-refractivity contribution is 5.85. The third kappa shape index (κ3) is 4.60. The van der Waals surface area contributed by atoms with Crippen LogP contribution >= 0.6 is 0 Å². The van der Waals surface area contributed by atoms with E-state index in [9.17, 15) is 19.8 Å². The smallest absolute Gasteiger partial charge is 0.331 e. The van der Waals surface area contributed by atoms with Gasteiger partial charge in [-0.1, -0.05) is 13.8 Å². The number of hydrogen-bond donors (Lipinski definition) is 2. The molecule has 0 aromatic rings. The molecule has 9 heteroatoms. The first-order valence-electron chi connectivity index (χ1n) is 15.7. The number of esters is 2. The van der Waals surface area contributed by atoms with E-state index in [-0.39, 0.29) is 34.7 Å². The molecule has 41 heavy (non-hydrogen) atoms. The number of fused-ring (bicyclic) bond motifs is 5. The van der Waals surface area contributed by atoms with Gasteiger partial charge in [0.05, 0.1) is 17.8 Å². The summed E-state index contributed by atoms with van der Waals surface area (Å²) >= 11 is 0. The molecule has 0 aromatic heterocycles. The van der Waals surface area contributed by atoms with Gasteiger partial charge >= 0.3 is 11.9 Å². The Labute approximate surface area is 243 Å². The Bertz CT molecular complexity index is 1080. The zero-order chi connectivity index (χ0) is 29.3. The molecule has 9 nitrogen and oxygen atoms in total. The summed E-state index contributed by atoms with van der Waals surface area (Å²) in [5.41, 5.74) is 0.238. The number of hydrogen-bond acceptors (Lipinski definition) is 9. The van der Waals surface area contributed by atoms with Crippen LogP contribution in [0.3, 0.4) is 0 Å². The fourth-order valence-corrected chi connectivity index (χ4v) is 10.4. The van der Waals surface area contributed by atoms with E-state index < -0.39 is 42.3 Å². The first-order chi connectivity index (χ1) is 19.4. The van der Waals surface area contributed by atoms with Crippen molar-refractivity contribution in [3.63, 3.8) is 0 Å². The number of cyclic esters (lactones) is 1. The van der Waals surface area contributed by atoms with Crippen LogP contribution in [0.4, 0.5) is 0 Å². The van der Waals surface area contributed by atoms with E-state index in [1.807, 2.05) is 6.92 Å². The monoisotopic (exact) mass is 576 g/mol. The second-order valence-electron chi connectivity index (χ2n) is 14.3. The molecule has 1 saturated heterocycles. The van der Waals surface area contributed by atoms with Gasteiger partial charge in [0.2, 0.25) is 0 Å². The highest BCUT2D eigenvalue weighted by Crippen LogP contribution is 2.70. The lowest BCUT2D eigenvalue weighted by Gasteiger charge is -2.64. The van der Waals surface area contributed by atoms with Gasteiger partial charge in [-0.2, -0.15) is 0 Å². The van der Waals surface area contributed by atoms with Crippen LogP contribution in [0.2, 0.25) is 0 Å². The van der Waals surface area contributed by atoms with Crippen molar-refractivity contribution in [3.8, 4) is 0 Å². The minimum absolute atomic E-state index is 0.0427. The highest BCUT2D eigenvalue weighted by Gasteiger charge is 2.67. The van der Waals surface area contributed by atoms with E-state index >= 15 is 0 Å². The average Bonchev–Trinajstić information content (AvgIpc) is 3.46. The maximum absolute atomic E-state index is 12.4. The molecule has 0 bridgehead atoms. The van der Waals surface area contributed by atoms with Crippen molar-refractivity contribution >= 4 is 11.9 Å². The van der Waals surface area contributed by atoms with Crippen LogP contribution in [0.5, 0.6) is 0 Å². The van der Waals surface area contributed by atoms with E-state index in [0.29, 0.717) is 18.4 Å². The SMILES string of the molecule is CO[C@H]1[C@H](O)[C@H](O[C@H]2CC[C@@]3(C)[C@H](CC[C@@H]4[C@@H]3CC[C@]3(C)[C@@H](C5=CC(=O)OC5)CC[C@]43O)C2)O[C@@H](C)[C@@H]1OC(C)=O. The molecular weight excluding hydrogens is 528 g/mol. The second-order valence-corrected chi connectivity index (χ2v) is 14.3. The fourth-order valence-electron chi connectivity index (χ4n) is 10.4. The first kappa shape index (κ1) is 29.5. The van der Waals surface area contributed by atoms with E-state index in [2.05, 4.69) is 13.8 Å². The number of aliphatic hydroxyl groups is 2. The van der Waals surface area contributed by atoms with Gasteiger partial charge in [-0.05, 0) is 99.4 Å². The largest absolute Gasteiger partial charge is 0.458 e. The van der Waals surface area contributed by atoms with Gasteiger partial charge in [0.1, 0.15) is 18.8 Å². The quantitative estimate of drug-likeness (QED) is 0.373. The Kier molecular flexibility index (Phi) is 7.62. The lowest BCUT2D eigenvalue weighted by molar-refractivity contribution is -0.314. The molecule has 0 amide bonds. The molecule has 230 valence electrons. The third-order valence-electron chi connectivity index (χ3n) is 12.6. The molecule has 4 aliphatic carbocycles. The standard InChI is InChI=1S/C32H48O9/c1-17-27(40-18(2)33)28(37-5)26(35)29(39-17)41-21-8-11-30(3)20(15-21)6-7-24-23(30)9-12-31(4)22(10-13-32(24,31)36)19-14-25(34)38-16-19/h14,17,20-24,26-29,35-36H,6-13,15-16H2,1-5H3/t17-,20+,21-,22+,23-,24+,26-,27-,28-,29-,30-,31+,32-/m0/s1. The summed E-state index contributed by atoms with van der Waals surface area (Å²) in [4.78, 5) is 23.4. The third-order valence-corrected chi connectivity index (χ3v) is 12.6. The van der Waals surface area contributed by atoms with Crippen molar-refractivity contribution < 1.29 is 43.5 Å². The predicted octanol–water partition coefficient (Wildman–Crippen LogP) is 3.68. The second kappa shape index (κ2) is 10.6. The van der Waals surface area contributed by atoms with E-state index in [4.69, 9.17) is 23.7 Å². The maximum atomic E-state index is 12.4. The molecule has 2 aliphatic heterocycles. The lowest BCUT2D eigenvalue weighted by atomic mass is 9.43. The molecule has 0 radical (unpaired) electrons. The first-order valence-corrected chi connectivity index (χ1v) is 15.7. The highest BCUT2D eigenvalue weighted by atomic mass is 16.7. The Balaban J connectivity index is 1.13. The number of rotatable bonds is 5. The topological polar surface area (TPSA) is 121 Å². The summed E-state index contributed by atoms with van der Waals surface area (Å²) in [5.74, 6) is 0.697. The molecule has 4 saturated carbocycles. The molecule has 0 unspecified atom stereocenters. The predicted molar refractivity (Wildman–Crippen MR) is 147 cm³/mol. The average molecular weight is 577 g/mol. The van der Waals surface area contributed by atoms with Gasteiger partial charge < -0.3 is 33.9 Å². The number of ether oxygens (including phenoxy) is 5. The molecule has 0 spiro atoms. The van der Waals surface area contributed by atoms with E-state index in [1.165, 1.54) is 14.0 Å². The molecule has 6 rings (SSSR count). The molecule has 13 atom stereocenters. The molecular formula is C32H48O9. The maximum Gasteiger partial charge on any atom is 0.331 e. The lowest BCUT2D eigenvalue weighted by Crippen LogP contribution is -2.63. The number of carbonyl (C=O) groups excluding carboxylic acids is 2. The van der Waals surface area contributed by atoms with Crippen molar-refractivity contribution in [2.75, 3.05) is 13.7 Å². The summed E-state index contributed by atoms with van der Waals surface area (Å²) in [5, 5.41) is 23.5. The van der Waals surface area contributed by atoms with E-state index in [0.717, 1.165) is 63.4 Å². The Hall–Kier alpha value is -1.52. The van der Waals surface area contributed by atoms with Crippen molar-refractivity contribution in [3.05, 3.63) is 11.6 Å². The minimum Gasteiger partial charge on any atom is -0.458 e. The van der Waals surface area contributed by atoms with Gasteiger partial charge in [-0.3, -0.25) is 4.79 Å². The van der Waals surface area contributed by atoms with Crippen LogP contribution < -0.4 is 0 Å². The number of carbonyl (C=O) groups is 2. The Morgan fingerprint density at radius 3 is 2.51 bits per heavy atom. The molecule has 6 aliphatic rings. The summed E-state index contributed by atoms with van der Waals surface area (Å²) < 4.78 is 28.6. The number of aliphatic hydroxyl groups excluding tert-OH is 1. The van der Waals surface area contributed by atoms with Gasteiger partial charge in [-0.25, -0.2) is 4.79 Å². The van der Waals surface area contributed by atoms with Gasteiger partial charge in [-0.15, -0.1) is 0 Å². The number of methoxy groups -OCH3 is 1. The molecule has 0 aromatic carbocycles. The summed E-state index contributed by atoms with van der Waals surface area (Å²) in [7, 11) is 1.50. The summed E-state index contributed by atoms with van der Waals surface area (Å²) in [6.45, 7) is 8.22. The molecule has 2 N–H and O–H groups in total. The van der Waals surface area contributed by atoms with Crippen LogP contribution in [0.15, 0.2) is 11.6 Å². The zero-order valence-corrected chi connectivity index (χ0v) is 25.2. The van der Waals surface area contributed by atoms with Crippen LogP contribution in [0.25, 0.3) is 0 Å². The van der Waals surface area contributed by atoms with Crippen LogP contribution in [0, 0.1) is 34.5 Å². The normalized spacial score (nSPS) is 51.2. The van der Waals surface area contributed by atoms with Crippen molar-refractivity contribution in [1.29, 1.82) is 0 Å². The van der Waals surface area contributed by atoms with Crippen molar-refractivity contribution in [2.45, 2.75) is 128 Å². The van der Waals surface area contributed by atoms with Gasteiger partial charge in [0.15, 0.2) is 12.4 Å². The van der Waals surface area contributed by atoms with Crippen molar-refractivity contribution in [1.82, 2.24) is 0 Å². The van der Waals surface area contributed by atoms with Crippen LogP contribution in [-0.4, -0.2) is 78.3 Å². The summed E-state index contributed by atoms with van der Waals surface area (Å²) in [6.07, 6.45) is 6.39. The zero-order valence-electron chi connectivity index (χ0n) is 25.2. The van der Waals surface area contributed by atoms with Gasteiger partial charge in [0.25, 0.3) is 0 Å². The summed E-state index contributed by atoms with van der Waals surface area (Å²) in [6, 6.07) is 0. The molecule has 2 heterocycles. The van der Waals surface area contributed by atoms with E-state index in [1.54, 1.807) is 6.08 Å². The fraction of sp³-hybridized carbons (Fsp3) is 0.875.